The van der Waals surface area contributed by atoms with Gasteiger partial charge in [0.1, 0.15) is 6.10 Å². The standard InChI is InChI=1S/C11H17N2O/c1-13-10(7-8-12-13)9-5-3-2-4-6-11(9)14/h7-9,11H,2-6H2,1H3. The van der Waals surface area contributed by atoms with Crippen molar-refractivity contribution in [1.82, 2.24) is 9.78 Å². The number of rotatable bonds is 1. The minimum absolute atomic E-state index is 0.185. The highest BCUT2D eigenvalue weighted by Gasteiger charge is 2.26. The van der Waals surface area contributed by atoms with Gasteiger partial charge in [-0.15, -0.1) is 0 Å². The Bertz CT molecular complexity index is 295. The van der Waals surface area contributed by atoms with Gasteiger partial charge in [0.25, 0.3) is 0 Å². The lowest BCUT2D eigenvalue weighted by Gasteiger charge is -2.18. The van der Waals surface area contributed by atoms with E-state index in [2.05, 4.69) is 5.10 Å². The lowest BCUT2D eigenvalue weighted by Crippen LogP contribution is -2.18. The van der Waals surface area contributed by atoms with Gasteiger partial charge in [0.05, 0.1) is 0 Å². The first-order valence-electron chi connectivity index (χ1n) is 5.43. The average molecular weight is 193 g/mol. The van der Waals surface area contributed by atoms with Gasteiger partial charge < -0.3 is 0 Å². The summed E-state index contributed by atoms with van der Waals surface area (Å²) in [4.78, 5) is 0. The van der Waals surface area contributed by atoms with E-state index in [-0.39, 0.29) is 5.92 Å². The molecular formula is C11H17N2O. The normalized spacial score (nSPS) is 28.7. The van der Waals surface area contributed by atoms with Gasteiger partial charge in [0, 0.05) is 24.9 Å². The summed E-state index contributed by atoms with van der Waals surface area (Å²) in [5.41, 5.74) is 1.12. The van der Waals surface area contributed by atoms with E-state index in [0.29, 0.717) is 0 Å². The Kier molecular flexibility index (Phi) is 2.87. The summed E-state index contributed by atoms with van der Waals surface area (Å²) >= 11 is 0. The van der Waals surface area contributed by atoms with Gasteiger partial charge in [-0.05, 0) is 18.9 Å². The highest BCUT2D eigenvalue weighted by molar-refractivity contribution is 5.10. The Morgan fingerprint density at radius 3 is 2.86 bits per heavy atom. The summed E-state index contributed by atoms with van der Waals surface area (Å²) < 4.78 is 1.85. The molecule has 0 saturated heterocycles. The molecule has 1 radical (unpaired) electrons. The number of nitrogens with zero attached hydrogens (tertiary/aromatic N) is 2. The van der Waals surface area contributed by atoms with E-state index >= 15 is 0 Å². The molecule has 3 nitrogen and oxygen atoms in total. The van der Waals surface area contributed by atoms with Gasteiger partial charge in [0.15, 0.2) is 0 Å². The van der Waals surface area contributed by atoms with E-state index in [0.717, 1.165) is 25.0 Å². The molecule has 0 aliphatic heterocycles. The molecule has 77 valence electrons. The van der Waals surface area contributed by atoms with Crippen LogP contribution in [-0.2, 0) is 12.2 Å². The third kappa shape index (κ3) is 1.82. The first kappa shape index (κ1) is 9.71. The summed E-state index contributed by atoms with van der Waals surface area (Å²) in [6, 6.07) is 1.99. The van der Waals surface area contributed by atoms with Gasteiger partial charge in [-0.1, -0.05) is 19.3 Å². The Hall–Kier alpha value is -0.830. The van der Waals surface area contributed by atoms with E-state index in [1.165, 1.54) is 12.8 Å². The second kappa shape index (κ2) is 4.13. The molecule has 1 aliphatic carbocycles. The van der Waals surface area contributed by atoms with Crippen molar-refractivity contribution in [1.29, 1.82) is 0 Å². The molecule has 3 heteroatoms. The van der Waals surface area contributed by atoms with Gasteiger partial charge >= 0.3 is 0 Å². The predicted octanol–water partition coefficient (Wildman–Crippen LogP) is 2.27. The highest BCUT2D eigenvalue weighted by Crippen LogP contribution is 2.31. The lowest BCUT2D eigenvalue weighted by molar-refractivity contribution is 0.0561. The largest absolute Gasteiger partial charge is 0.272 e. The zero-order valence-electron chi connectivity index (χ0n) is 8.65. The molecule has 1 heterocycles. The summed E-state index contributed by atoms with van der Waals surface area (Å²) in [5, 5.41) is 16.0. The van der Waals surface area contributed by atoms with E-state index in [1.807, 2.05) is 17.8 Å². The predicted molar refractivity (Wildman–Crippen MR) is 53.5 cm³/mol. The van der Waals surface area contributed by atoms with Crippen molar-refractivity contribution < 1.29 is 5.11 Å². The van der Waals surface area contributed by atoms with E-state index in [4.69, 9.17) is 0 Å². The molecule has 2 unspecified atom stereocenters. The van der Waals surface area contributed by atoms with Crippen LogP contribution in [-0.4, -0.2) is 15.9 Å². The Labute approximate surface area is 84.7 Å². The maximum atomic E-state index is 11.9. The summed E-state index contributed by atoms with van der Waals surface area (Å²) in [5.74, 6) is 0.185. The van der Waals surface area contributed by atoms with Crippen LogP contribution >= 0.6 is 0 Å². The molecule has 1 aliphatic rings. The molecule has 2 rings (SSSR count). The van der Waals surface area contributed by atoms with Crippen molar-refractivity contribution in [3.63, 3.8) is 0 Å². The van der Waals surface area contributed by atoms with Crippen molar-refractivity contribution in [2.45, 2.75) is 44.1 Å². The summed E-state index contributed by atoms with van der Waals surface area (Å²) in [6.45, 7) is 0. The van der Waals surface area contributed by atoms with Gasteiger partial charge in [0.2, 0.25) is 0 Å². The smallest absolute Gasteiger partial charge is 0.101 e. The molecular weight excluding hydrogens is 176 g/mol. The van der Waals surface area contributed by atoms with Crippen LogP contribution in [0.3, 0.4) is 0 Å². The first-order chi connectivity index (χ1) is 6.79. The molecule has 0 aromatic carbocycles. The Morgan fingerprint density at radius 1 is 1.36 bits per heavy atom. The van der Waals surface area contributed by atoms with E-state index < -0.39 is 6.10 Å². The van der Waals surface area contributed by atoms with Crippen LogP contribution in [0.2, 0.25) is 0 Å². The number of aromatic nitrogens is 2. The third-order valence-electron chi connectivity index (χ3n) is 3.19. The van der Waals surface area contributed by atoms with Crippen LogP contribution in [0.25, 0.3) is 0 Å². The Balaban J connectivity index is 2.19. The van der Waals surface area contributed by atoms with Crippen LogP contribution in [0, 0.1) is 0 Å². The topological polar surface area (TPSA) is 37.7 Å². The highest BCUT2D eigenvalue weighted by atomic mass is 16.3. The second-order valence-electron chi connectivity index (χ2n) is 4.16. The molecule has 1 aromatic rings. The van der Waals surface area contributed by atoms with Crippen LogP contribution in [0.5, 0.6) is 0 Å². The van der Waals surface area contributed by atoms with Crippen molar-refractivity contribution >= 4 is 0 Å². The molecule has 0 spiro atoms. The van der Waals surface area contributed by atoms with E-state index in [9.17, 15) is 5.11 Å². The van der Waals surface area contributed by atoms with Crippen molar-refractivity contribution in [3.8, 4) is 0 Å². The molecule has 14 heavy (non-hydrogen) atoms. The number of hydrogen-bond donors (Lipinski definition) is 0. The molecule has 1 saturated carbocycles. The summed E-state index contributed by atoms with van der Waals surface area (Å²) in [7, 11) is 1.92. The maximum Gasteiger partial charge on any atom is 0.101 e. The fraction of sp³-hybridized carbons (Fsp3) is 0.727. The van der Waals surface area contributed by atoms with Crippen LogP contribution in [0.15, 0.2) is 12.3 Å². The van der Waals surface area contributed by atoms with Crippen molar-refractivity contribution in [3.05, 3.63) is 18.0 Å². The number of aryl methyl sites for hydroxylation is 1. The van der Waals surface area contributed by atoms with Gasteiger partial charge in [-0.25, -0.2) is 5.11 Å². The fourth-order valence-electron chi connectivity index (χ4n) is 2.36. The number of hydrogen-bond acceptors (Lipinski definition) is 1. The van der Waals surface area contributed by atoms with E-state index in [1.54, 1.807) is 6.20 Å². The second-order valence-corrected chi connectivity index (χ2v) is 4.16. The lowest BCUT2D eigenvalue weighted by atomic mass is 9.94. The van der Waals surface area contributed by atoms with Crippen molar-refractivity contribution in [2.24, 2.45) is 7.05 Å². The van der Waals surface area contributed by atoms with Gasteiger partial charge in [-0.2, -0.15) is 5.10 Å². The minimum Gasteiger partial charge on any atom is -0.272 e. The molecule has 0 N–H and O–H groups in total. The zero-order valence-corrected chi connectivity index (χ0v) is 8.65. The van der Waals surface area contributed by atoms with Gasteiger partial charge in [-0.3, -0.25) is 4.68 Å². The van der Waals surface area contributed by atoms with Crippen LogP contribution in [0.4, 0.5) is 0 Å². The molecule has 1 fully saturated rings. The van der Waals surface area contributed by atoms with Crippen molar-refractivity contribution in [2.75, 3.05) is 0 Å². The molecule has 0 amide bonds. The molecule has 1 aromatic heterocycles. The Morgan fingerprint density at radius 2 is 2.14 bits per heavy atom. The van der Waals surface area contributed by atoms with Crippen LogP contribution in [0.1, 0.15) is 43.7 Å². The molecule has 0 bridgehead atoms. The SMILES string of the molecule is Cn1nccc1C1CCCCCC1[O]. The summed E-state index contributed by atoms with van der Waals surface area (Å²) in [6.07, 6.45) is 6.73. The average Bonchev–Trinajstić information content (AvgIpc) is 2.46. The first-order valence-corrected chi connectivity index (χ1v) is 5.43. The third-order valence-corrected chi connectivity index (χ3v) is 3.19. The molecule has 2 atom stereocenters. The maximum absolute atomic E-state index is 11.9. The minimum atomic E-state index is -0.423. The zero-order chi connectivity index (χ0) is 9.97. The fourth-order valence-corrected chi connectivity index (χ4v) is 2.36. The van der Waals surface area contributed by atoms with Crippen LogP contribution < -0.4 is 0 Å². The monoisotopic (exact) mass is 193 g/mol. The quantitative estimate of drug-likeness (QED) is 0.630.